The highest BCUT2D eigenvalue weighted by molar-refractivity contribution is 6.01. The van der Waals surface area contributed by atoms with E-state index in [9.17, 15) is 35.9 Å². The van der Waals surface area contributed by atoms with Crippen LogP contribution in [0.15, 0.2) is 60.2 Å². The number of nitrogens with one attached hydrogen (secondary N) is 2. The zero-order valence-electron chi connectivity index (χ0n) is 26.8. The van der Waals surface area contributed by atoms with E-state index in [1.807, 2.05) is 29.4 Å². The van der Waals surface area contributed by atoms with Gasteiger partial charge in [0.15, 0.2) is 17.5 Å². The van der Waals surface area contributed by atoms with Gasteiger partial charge < -0.3 is 10.1 Å². The first-order valence-electron chi connectivity index (χ1n) is 15.7. The zero-order valence-corrected chi connectivity index (χ0v) is 26.8. The SMILES string of the molecule is CC(C)(C)OC(=O)N[C@@H](CC(=O)C1CC=CC2=C1CCc1c2ccc2c(-c3n[nH]c(C(F)(F)F)n3)cccc12)Cc1cc(F)c(F)cc1F. The average Bonchev–Trinajstić information content (AvgIpc) is 3.53. The summed E-state index contributed by atoms with van der Waals surface area (Å²) in [6, 6.07) is 9.13. The van der Waals surface area contributed by atoms with Gasteiger partial charge in [-0.3, -0.25) is 9.89 Å². The average molecular weight is 683 g/mol. The second-order valence-electron chi connectivity index (χ2n) is 13.2. The lowest BCUT2D eigenvalue weighted by Crippen LogP contribution is -2.42. The number of carbonyl (C=O) groups is 2. The predicted octanol–water partition coefficient (Wildman–Crippen LogP) is 8.43. The van der Waals surface area contributed by atoms with E-state index in [1.165, 1.54) is 0 Å². The Morgan fingerprint density at radius 1 is 0.980 bits per heavy atom. The molecule has 2 atom stereocenters. The fraction of sp³-hybridized carbons (Fsp3) is 0.333. The maximum atomic E-state index is 14.6. The Hall–Kier alpha value is -4.94. The molecular formula is C36H32F6N4O3. The van der Waals surface area contributed by atoms with Crippen LogP contribution in [0.4, 0.5) is 31.1 Å². The van der Waals surface area contributed by atoms with E-state index in [-0.39, 0.29) is 30.0 Å². The van der Waals surface area contributed by atoms with Crippen molar-refractivity contribution in [2.75, 3.05) is 0 Å². The van der Waals surface area contributed by atoms with Gasteiger partial charge in [0.05, 0.1) is 0 Å². The molecule has 0 radical (unpaired) electrons. The fourth-order valence-corrected chi connectivity index (χ4v) is 6.58. The first-order chi connectivity index (χ1) is 23.1. The molecule has 0 saturated carbocycles. The lowest BCUT2D eigenvalue weighted by Gasteiger charge is -2.31. The third-order valence-electron chi connectivity index (χ3n) is 8.64. The Morgan fingerprint density at radius 3 is 2.45 bits per heavy atom. The van der Waals surface area contributed by atoms with Crippen LogP contribution in [0.3, 0.4) is 0 Å². The van der Waals surface area contributed by atoms with E-state index >= 15 is 0 Å². The molecule has 1 amide bonds. The number of hydrogen-bond acceptors (Lipinski definition) is 5. The van der Waals surface area contributed by atoms with Crippen LogP contribution in [-0.4, -0.2) is 38.7 Å². The number of benzene rings is 3. The van der Waals surface area contributed by atoms with Crippen molar-refractivity contribution in [3.63, 3.8) is 0 Å². The summed E-state index contributed by atoms with van der Waals surface area (Å²) in [7, 11) is 0. The zero-order chi connectivity index (χ0) is 35.2. The van der Waals surface area contributed by atoms with Gasteiger partial charge in [-0.1, -0.05) is 48.1 Å². The summed E-state index contributed by atoms with van der Waals surface area (Å²) in [5.41, 5.74) is 3.00. The van der Waals surface area contributed by atoms with Crippen molar-refractivity contribution in [2.24, 2.45) is 5.92 Å². The summed E-state index contributed by atoms with van der Waals surface area (Å²) in [5, 5.41) is 9.90. The van der Waals surface area contributed by atoms with Gasteiger partial charge in [-0.25, -0.2) is 22.9 Å². The molecule has 6 rings (SSSR count). The number of aromatic amines is 1. The van der Waals surface area contributed by atoms with E-state index in [0.29, 0.717) is 42.3 Å². The molecule has 0 fully saturated rings. The van der Waals surface area contributed by atoms with Gasteiger partial charge in [-0.15, -0.1) is 0 Å². The van der Waals surface area contributed by atoms with Crippen molar-refractivity contribution in [1.82, 2.24) is 20.5 Å². The number of alkyl halides is 3. The lowest BCUT2D eigenvalue weighted by atomic mass is 9.73. The van der Waals surface area contributed by atoms with Crippen molar-refractivity contribution < 1.29 is 40.7 Å². The molecule has 0 spiro atoms. The normalized spacial score (nSPS) is 16.7. The molecular weight excluding hydrogens is 650 g/mol. The Labute approximate surface area is 277 Å². The van der Waals surface area contributed by atoms with Crippen LogP contribution in [0.1, 0.15) is 62.5 Å². The number of nitrogens with zero attached hydrogens (tertiary/aromatic N) is 2. The summed E-state index contributed by atoms with van der Waals surface area (Å²) >= 11 is 0. The molecule has 0 aliphatic heterocycles. The number of Topliss-reactive ketones (excluding diaryl/α,β-unsaturated/α-hetero) is 1. The first kappa shape index (κ1) is 33.9. The van der Waals surface area contributed by atoms with Crippen LogP contribution in [0, 0.1) is 23.4 Å². The van der Waals surface area contributed by atoms with Gasteiger partial charge in [-0.05, 0) is 85.6 Å². The fourth-order valence-electron chi connectivity index (χ4n) is 6.58. The van der Waals surface area contributed by atoms with Crippen molar-refractivity contribution in [2.45, 2.75) is 70.7 Å². The molecule has 4 aromatic rings. The number of hydrogen-bond donors (Lipinski definition) is 2. The smallest absolute Gasteiger partial charge is 0.444 e. The quantitative estimate of drug-likeness (QED) is 0.151. The third-order valence-corrected chi connectivity index (χ3v) is 8.64. The largest absolute Gasteiger partial charge is 0.451 e. The van der Waals surface area contributed by atoms with E-state index in [0.717, 1.165) is 27.7 Å². The van der Waals surface area contributed by atoms with E-state index < -0.39 is 53.1 Å². The number of allylic oxidation sites excluding steroid dienone is 4. The highest BCUT2D eigenvalue weighted by Gasteiger charge is 2.36. The molecule has 13 heteroatoms. The number of amides is 1. The third kappa shape index (κ3) is 7.11. The molecule has 1 aromatic heterocycles. The second kappa shape index (κ2) is 12.8. The molecule has 0 bridgehead atoms. The molecule has 0 saturated heterocycles. The summed E-state index contributed by atoms with van der Waals surface area (Å²) in [4.78, 5) is 30.3. The molecule has 49 heavy (non-hydrogen) atoms. The van der Waals surface area contributed by atoms with E-state index in [1.54, 1.807) is 39.0 Å². The molecule has 2 N–H and O–H groups in total. The van der Waals surface area contributed by atoms with Gasteiger partial charge in [0.25, 0.3) is 0 Å². The highest BCUT2D eigenvalue weighted by Crippen LogP contribution is 2.44. The number of ketones is 1. The Morgan fingerprint density at radius 2 is 1.73 bits per heavy atom. The maximum Gasteiger partial charge on any atom is 0.451 e. The maximum absolute atomic E-state index is 14.6. The molecule has 1 unspecified atom stereocenters. The highest BCUT2D eigenvalue weighted by atomic mass is 19.4. The van der Waals surface area contributed by atoms with Crippen LogP contribution in [0.2, 0.25) is 0 Å². The number of halogens is 6. The van der Waals surface area contributed by atoms with Crippen LogP contribution >= 0.6 is 0 Å². The Bertz CT molecular complexity index is 2030. The van der Waals surface area contributed by atoms with Crippen molar-refractivity contribution in [3.8, 4) is 11.4 Å². The number of aryl methyl sites for hydroxylation is 1. The van der Waals surface area contributed by atoms with Gasteiger partial charge >= 0.3 is 12.3 Å². The van der Waals surface area contributed by atoms with Crippen LogP contribution < -0.4 is 5.32 Å². The summed E-state index contributed by atoms with van der Waals surface area (Å²) in [6.45, 7) is 4.98. The predicted molar refractivity (Wildman–Crippen MR) is 170 cm³/mol. The van der Waals surface area contributed by atoms with Gasteiger partial charge in [0, 0.05) is 30.0 Å². The molecule has 1 heterocycles. The number of aromatic nitrogens is 3. The molecule has 3 aromatic carbocycles. The van der Waals surface area contributed by atoms with Crippen molar-refractivity contribution in [1.29, 1.82) is 0 Å². The molecule has 7 nitrogen and oxygen atoms in total. The monoisotopic (exact) mass is 682 g/mol. The van der Waals surface area contributed by atoms with Crippen LogP contribution in [0.25, 0.3) is 27.7 Å². The lowest BCUT2D eigenvalue weighted by molar-refractivity contribution is -0.144. The Kier molecular flexibility index (Phi) is 8.89. The van der Waals surface area contributed by atoms with Crippen molar-refractivity contribution >= 4 is 28.2 Å². The standard InChI is InChI=1S/C36H32F6N4O3/c1-35(2,3)49-34(48)43-19(14-18-15-29(38)30(39)17-28(18)37)16-31(47)26-8-4-6-20-22-11-13-25-21(23(22)10-12-24(20)26)7-5-9-27(25)32-44-33(46-45-32)36(40,41)42/h4-7,9,11,13,15,17,19,26H,8,10,12,14,16H2,1-3H3,(H,43,48)(H,44,45,46)/t19-,26?/m1/s1. The number of rotatable bonds is 7. The van der Waals surface area contributed by atoms with Crippen LogP contribution in [0.5, 0.6) is 0 Å². The summed E-state index contributed by atoms with van der Waals surface area (Å²) < 4.78 is 87.2. The number of H-pyrrole nitrogens is 1. The number of fused-ring (bicyclic) bond motifs is 4. The van der Waals surface area contributed by atoms with Crippen LogP contribution in [-0.2, 0) is 28.5 Å². The summed E-state index contributed by atoms with van der Waals surface area (Å²) in [6.07, 6.45) is -0.711. The number of alkyl carbamates (subject to hydrolysis) is 1. The topological polar surface area (TPSA) is 97.0 Å². The van der Waals surface area contributed by atoms with Gasteiger partial charge in [-0.2, -0.15) is 18.3 Å². The van der Waals surface area contributed by atoms with E-state index in [2.05, 4.69) is 15.4 Å². The number of ether oxygens (including phenoxy) is 1. The number of carbonyl (C=O) groups excluding carboxylic acids is 2. The molecule has 2 aliphatic carbocycles. The van der Waals surface area contributed by atoms with E-state index in [4.69, 9.17) is 4.74 Å². The molecule has 2 aliphatic rings. The minimum atomic E-state index is -4.67. The van der Waals surface area contributed by atoms with Gasteiger partial charge in [0.1, 0.15) is 17.2 Å². The minimum Gasteiger partial charge on any atom is -0.444 e. The minimum absolute atomic E-state index is 0.0744. The van der Waals surface area contributed by atoms with Crippen molar-refractivity contribution in [3.05, 3.63) is 100 Å². The first-order valence-corrected chi connectivity index (χ1v) is 15.7. The van der Waals surface area contributed by atoms with Gasteiger partial charge in [0.2, 0.25) is 5.82 Å². The second-order valence-corrected chi connectivity index (χ2v) is 13.2. The molecule has 256 valence electrons. The summed E-state index contributed by atoms with van der Waals surface area (Å²) in [5.74, 6) is -5.64. The Balaban J connectivity index is 1.29.